The van der Waals surface area contributed by atoms with Crippen molar-refractivity contribution in [1.82, 2.24) is 14.9 Å². The van der Waals surface area contributed by atoms with Gasteiger partial charge in [-0.05, 0) is 48.6 Å². The van der Waals surface area contributed by atoms with Crippen molar-refractivity contribution in [2.45, 2.75) is 32.1 Å². The summed E-state index contributed by atoms with van der Waals surface area (Å²) in [4.78, 5) is 15.5. The summed E-state index contributed by atoms with van der Waals surface area (Å²) in [5, 5.41) is 17.1. The highest BCUT2D eigenvalue weighted by Gasteiger charge is 2.16. The Morgan fingerprint density at radius 3 is 2.79 bits per heavy atom. The minimum atomic E-state index is -0.565. The van der Waals surface area contributed by atoms with Crippen LogP contribution in [0.1, 0.15) is 42.5 Å². The molecule has 0 bridgehead atoms. The van der Waals surface area contributed by atoms with E-state index in [-0.39, 0.29) is 5.92 Å². The number of carbonyl (C=O) groups excluding carboxylic acids is 1. The zero-order valence-corrected chi connectivity index (χ0v) is 15.8. The van der Waals surface area contributed by atoms with Crippen LogP contribution in [0.2, 0.25) is 0 Å². The van der Waals surface area contributed by atoms with E-state index in [9.17, 15) is 4.79 Å². The molecule has 2 aromatic heterocycles. The van der Waals surface area contributed by atoms with Gasteiger partial charge < -0.3 is 9.81 Å². The zero-order chi connectivity index (χ0) is 19.9. The first kappa shape index (κ1) is 19.5. The van der Waals surface area contributed by atoms with E-state index in [4.69, 9.17) is 10.6 Å². The maximum Gasteiger partial charge on any atom is 0.267 e. The molecule has 1 amide bonds. The average Bonchev–Trinajstić information content (AvgIpc) is 3.15. The lowest BCUT2D eigenvalue weighted by Gasteiger charge is -2.17. The Labute approximate surface area is 164 Å². The van der Waals surface area contributed by atoms with Crippen molar-refractivity contribution in [3.05, 3.63) is 77.8 Å². The smallest absolute Gasteiger partial charge is 0.267 e. The molecule has 3 rings (SSSR count). The highest BCUT2D eigenvalue weighted by atomic mass is 16.5. The molecule has 28 heavy (non-hydrogen) atoms. The fourth-order valence-electron chi connectivity index (χ4n) is 3.34. The van der Waals surface area contributed by atoms with E-state index in [1.807, 2.05) is 54.9 Å². The number of aromatic nitrogens is 2. The van der Waals surface area contributed by atoms with Gasteiger partial charge in [0, 0.05) is 35.8 Å². The van der Waals surface area contributed by atoms with Crippen LogP contribution in [0.4, 0.5) is 0 Å². The largest absolute Gasteiger partial charge is 0.309 e. The van der Waals surface area contributed by atoms with Crippen molar-refractivity contribution in [2.75, 3.05) is 0 Å². The maximum absolute atomic E-state index is 11.1. The third-order valence-corrected chi connectivity index (χ3v) is 4.85. The lowest BCUT2D eigenvalue weighted by molar-refractivity contribution is -0.124. The summed E-state index contributed by atoms with van der Waals surface area (Å²) >= 11 is 0. The van der Waals surface area contributed by atoms with E-state index >= 15 is 0 Å². The molecule has 0 aliphatic heterocycles. The Kier molecular flexibility index (Phi) is 6.34. The number of hydroxylamine groups is 1. The van der Waals surface area contributed by atoms with Crippen molar-refractivity contribution in [1.29, 1.82) is 5.41 Å². The van der Waals surface area contributed by atoms with Crippen molar-refractivity contribution < 1.29 is 10.0 Å². The fourth-order valence-corrected chi connectivity index (χ4v) is 3.34. The van der Waals surface area contributed by atoms with Gasteiger partial charge in [0.2, 0.25) is 0 Å². The SMILES string of the molecule is CCC(C(=N)CCc1cnc2ccccn12)c1ccc(/C=C/C(=O)NO)cc1. The predicted molar refractivity (Wildman–Crippen MR) is 110 cm³/mol. The first-order valence-electron chi connectivity index (χ1n) is 9.32. The van der Waals surface area contributed by atoms with Crippen LogP contribution in [0, 0.1) is 5.41 Å². The van der Waals surface area contributed by atoms with Crippen molar-refractivity contribution in [3.63, 3.8) is 0 Å². The van der Waals surface area contributed by atoms with Gasteiger partial charge in [-0.15, -0.1) is 0 Å². The first-order valence-corrected chi connectivity index (χ1v) is 9.32. The number of aryl methyl sites for hydroxylation is 1. The topological polar surface area (TPSA) is 90.5 Å². The van der Waals surface area contributed by atoms with Gasteiger partial charge in [-0.1, -0.05) is 37.3 Å². The van der Waals surface area contributed by atoms with Gasteiger partial charge in [-0.3, -0.25) is 10.0 Å². The molecule has 2 heterocycles. The van der Waals surface area contributed by atoms with Gasteiger partial charge in [0.25, 0.3) is 5.91 Å². The molecular weight excluding hydrogens is 352 g/mol. The van der Waals surface area contributed by atoms with Crippen LogP contribution in [0.15, 0.2) is 60.9 Å². The second-order valence-electron chi connectivity index (χ2n) is 6.64. The third kappa shape index (κ3) is 4.53. The number of carbonyl (C=O) groups is 1. The maximum atomic E-state index is 11.1. The van der Waals surface area contributed by atoms with E-state index < -0.39 is 5.91 Å². The van der Waals surface area contributed by atoms with Gasteiger partial charge in [-0.2, -0.15) is 0 Å². The van der Waals surface area contributed by atoms with Crippen LogP contribution < -0.4 is 5.48 Å². The van der Waals surface area contributed by atoms with E-state index in [0.29, 0.717) is 12.1 Å². The molecule has 6 heteroatoms. The fraction of sp³-hybridized carbons (Fsp3) is 0.227. The molecule has 3 N–H and O–H groups in total. The number of hydrogen-bond donors (Lipinski definition) is 3. The molecule has 0 radical (unpaired) electrons. The minimum Gasteiger partial charge on any atom is -0.309 e. The van der Waals surface area contributed by atoms with Crippen LogP contribution in [0.25, 0.3) is 11.7 Å². The highest BCUT2D eigenvalue weighted by molar-refractivity contribution is 5.91. The number of nitrogens with one attached hydrogen (secondary N) is 2. The molecule has 6 nitrogen and oxygen atoms in total. The molecule has 1 unspecified atom stereocenters. The second-order valence-corrected chi connectivity index (χ2v) is 6.64. The second kappa shape index (κ2) is 9.10. The normalized spacial score (nSPS) is 12.4. The Morgan fingerprint density at radius 2 is 2.07 bits per heavy atom. The number of nitrogens with zero attached hydrogens (tertiary/aromatic N) is 2. The van der Waals surface area contributed by atoms with E-state index in [1.54, 1.807) is 11.6 Å². The number of hydrogen-bond acceptors (Lipinski definition) is 4. The highest BCUT2D eigenvalue weighted by Crippen LogP contribution is 2.24. The summed E-state index contributed by atoms with van der Waals surface area (Å²) in [6, 6.07) is 13.7. The molecule has 0 saturated carbocycles. The molecule has 1 atom stereocenters. The number of imidazole rings is 1. The summed E-state index contributed by atoms with van der Waals surface area (Å²) in [7, 11) is 0. The van der Waals surface area contributed by atoms with E-state index in [2.05, 4.69) is 16.3 Å². The van der Waals surface area contributed by atoms with Crippen LogP contribution in [-0.4, -0.2) is 26.2 Å². The monoisotopic (exact) mass is 376 g/mol. The van der Waals surface area contributed by atoms with Gasteiger partial charge in [-0.25, -0.2) is 10.5 Å². The first-order chi connectivity index (χ1) is 13.6. The Bertz CT molecular complexity index is 989. The number of amides is 1. The Hall–Kier alpha value is -3.25. The van der Waals surface area contributed by atoms with Gasteiger partial charge in [0.15, 0.2) is 0 Å². The quantitative estimate of drug-likeness (QED) is 0.240. The molecule has 0 aliphatic rings. The van der Waals surface area contributed by atoms with Gasteiger partial charge in [0.05, 0.1) is 0 Å². The van der Waals surface area contributed by atoms with Gasteiger partial charge in [0.1, 0.15) is 5.65 Å². The molecule has 1 aromatic carbocycles. The van der Waals surface area contributed by atoms with Gasteiger partial charge >= 0.3 is 0 Å². The summed E-state index contributed by atoms with van der Waals surface area (Å²) < 4.78 is 2.07. The Balaban J connectivity index is 1.66. The van der Waals surface area contributed by atoms with Crippen molar-refractivity contribution in [3.8, 4) is 0 Å². The van der Waals surface area contributed by atoms with Crippen LogP contribution >= 0.6 is 0 Å². The molecule has 0 aliphatic carbocycles. The molecule has 144 valence electrons. The number of fused-ring (bicyclic) bond motifs is 1. The molecule has 0 spiro atoms. The number of rotatable bonds is 8. The standard InChI is InChI=1S/C22H24N4O2/c1-2-19(17-9-6-16(7-10-17)8-13-22(27)25-28)20(23)12-11-18-15-24-21-5-3-4-14-26(18)21/h3-10,13-15,19,23,28H,2,11-12H2,1H3,(H,25,27)/b13-8+,23-20?. The predicted octanol–water partition coefficient (Wildman–Crippen LogP) is 4.00. The molecular formula is C22H24N4O2. The summed E-state index contributed by atoms with van der Waals surface area (Å²) in [6.45, 7) is 2.09. The van der Waals surface area contributed by atoms with E-state index in [0.717, 1.165) is 35.3 Å². The molecule has 0 saturated heterocycles. The summed E-state index contributed by atoms with van der Waals surface area (Å²) in [5.41, 5.74) is 6.26. The summed E-state index contributed by atoms with van der Waals surface area (Å²) in [6.07, 6.45) is 9.09. The van der Waals surface area contributed by atoms with E-state index in [1.165, 1.54) is 6.08 Å². The van der Waals surface area contributed by atoms with Crippen LogP contribution in [-0.2, 0) is 11.2 Å². The lowest BCUT2D eigenvalue weighted by atomic mass is 9.88. The molecule has 3 aromatic rings. The molecule has 0 fully saturated rings. The van der Waals surface area contributed by atoms with Crippen molar-refractivity contribution >= 4 is 23.3 Å². The van der Waals surface area contributed by atoms with Crippen LogP contribution in [0.3, 0.4) is 0 Å². The lowest BCUT2D eigenvalue weighted by Crippen LogP contribution is -2.14. The third-order valence-electron chi connectivity index (χ3n) is 4.85. The minimum absolute atomic E-state index is 0.0676. The van der Waals surface area contributed by atoms with Crippen LogP contribution in [0.5, 0.6) is 0 Å². The number of benzene rings is 1. The Morgan fingerprint density at radius 1 is 1.29 bits per heavy atom. The average molecular weight is 376 g/mol. The summed E-state index contributed by atoms with van der Waals surface area (Å²) in [5.74, 6) is -0.498. The van der Waals surface area contributed by atoms with Crippen molar-refractivity contribution in [2.24, 2.45) is 0 Å². The number of pyridine rings is 1. The zero-order valence-electron chi connectivity index (χ0n) is 15.8.